The summed E-state index contributed by atoms with van der Waals surface area (Å²) in [5.74, 6) is 0.561. The third-order valence-corrected chi connectivity index (χ3v) is 4.50. The van der Waals surface area contributed by atoms with Crippen LogP contribution in [0.25, 0.3) is 10.9 Å². The van der Waals surface area contributed by atoms with Crippen LogP contribution in [0, 0.1) is 17.1 Å². The Kier molecular flexibility index (Phi) is 3.90. The van der Waals surface area contributed by atoms with Crippen molar-refractivity contribution in [1.29, 1.82) is 5.26 Å². The van der Waals surface area contributed by atoms with Crippen LogP contribution in [-0.2, 0) is 0 Å². The minimum absolute atomic E-state index is 0.273. The number of aromatic nitrogens is 2. The van der Waals surface area contributed by atoms with Crippen molar-refractivity contribution >= 4 is 22.4 Å². The fourth-order valence-electron chi connectivity index (χ4n) is 3.22. The molecule has 0 radical (unpaired) electrons. The number of halogens is 1. The first-order chi connectivity index (χ1) is 12.2. The molecule has 3 aromatic rings. The van der Waals surface area contributed by atoms with Crippen molar-refractivity contribution in [2.75, 3.05) is 36.0 Å². The minimum Gasteiger partial charge on any atom is -0.367 e. The molecule has 0 aliphatic carbocycles. The number of nitriles is 1. The van der Waals surface area contributed by atoms with Gasteiger partial charge in [-0.1, -0.05) is 0 Å². The molecule has 124 valence electrons. The molecule has 0 bridgehead atoms. The molecule has 1 fully saturated rings. The molecule has 0 unspecified atom stereocenters. The predicted molar refractivity (Wildman–Crippen MR) is 95.1 cm³/mol. The molecule has 1 saturated heterocycles. The van der Waals surface area contributed by atoms with Crippen molar-refractivity contribution in [3.8, 4) is 6.07 Å². The van der Waals surface area contributed by atoms with Crippen LogP contribution in [0.3, 0.4) is 0 Å². The van der Waals surface area contributed by atoms with Gasteiger partial charge >= 0.3 is 0 Å². The lowest BCUT2D eigenvalue weighted by Crippen LogP contribution is -2.46. The van der Waals surface area contributed by atoms with Crippen LogP contribution in [0.1, 0.15) is 5.56 Å². The van der Waals surface area contributed by atoms with E-state index in [1.165, 1.54) is 12.1 Å². The van der Waals surface area contributed by atoms with Crippen molar-refractivity contribution in [2.24, 2.45) is 0 Å². The summed E-state index contributed by atoms with van der Waals surface area (Å²) in [6.07, 6.45) is 3.40. The molecule has 0 atom stereocenters. The molecule has 3 heterocycles. The highest BCUT2D eigenvalue weighted by atomic mass is 19.1. The summed E-state index contributed by atoms with van der Waals surface area (Å²) in [6, 6.07) is 12.4. The van der Waals surface area contributed by atoms with Gasteiger partial charge in [0.15, 0.2) is 0 Å². The van der Waals surface area contributed by atoms with E-state index in [0.29, 0.717) is 11.1 Å². The molecule has 1 aromatic carbocycles. The number of pyridine rings is 2. The Morgan fingerprint density at radius 3 is 2.48 bits per heavy atom. The molecule has 5 nitrogen and oxygen atoms in total. The average molecular weight is 333 g/mol. The minimum atomic E-state index is -0.273. The zero-order valence-electron chi connectivity index (χ0n) is 13.6. The Balaban J connectivity index is 1.55. The van der Waals surface area contributed by atoms with Crippen LogP contribution >= 0.6 is 0 Å². The van der Waals surface area contributed by atoms with Crippen molar-refractivity contribution in [1.82, 2.24) is 9.97 Å². The Morgan fingerprint density at radius 1 is 0.920 bits per heavy atom. The first-order valence-electron chi connectivity index (χ1n) is 8.15. The molecule has 0 amide bonds. The summed E-state index contributed by atoms with van der Waals surface area (Å²) in [6.45, 7) is 3.28. The summed E-state index contributed by atoms with van der Waals surface area (Å²) in [5, 5.41) is 9.99. The van der Waals surface area contributed by atoms with Crippen molar-refractivity contribution < 1.29 is 4.39 Å². The van der Waals surface area contributed by atoms with E-state index in [-0.39, 0.29) is 5.82 Å². The highest BCUT2D eigenvalue weighted by Crippen LogP contribution is 2.27. The third kappa shape index (κ3) is 2.96. The van der Waals surface area contributed by atoms with Gasteiger partial charge in [-0.05, 0) is 30.3 Å². The maximum absolute atomic E-state index is 13.4. The second-order valence-corrected chi connectivity index (χ2v) is 5.98. The molecule has 0 saturated carbocycles. The van der Waals surface area contributed by atoms with Gasteiger partial charge in [0.05, 0.1) is 17.1 Å². The number of piperazine rings is 1. The van der Waals surface area contributed by atoms with Gasteiger partial charge < -0.3 is 9.80 Å². The SMILES string of the molecule is N#Cc1ccnc(N2CCN(c3ccnc4cc(F)ccc34)CC2)c1. The third-order valence-electron chi connectivity index (χ3n) is 4.50. The molecular formula is C19H16FN5. The maximum Gasteiger partial charge on any atom is 0.129 e. The molecule has 0 spiro atoms. The Bertz CT molecular complexity index is 957. The highest BCUT2D eigenvalue weighted by molar-refractivity contribution is 5.91. The van der Waals surface area contributed by atoms with E-state index in [0.717, 1.165) is 43.1 Å². The zero-order chi connectivity index (χ0) is 17.2. The number of rotatable bonds is 2. The van der Waals surface area contributed by atoms with E-state index in [9.17, 15) is 4.39 Å². The quantitative estimate of drug-likeness (QED) is 0.722. The molecular weight excluding hydrogens is 317 g/mol. The van der Waals surface area contributed by atoms with Gasteiger partial charge in [-0.15, -0.1) is 0 Å². The van der Waals surface area contributed by atoms with E-state index in [1.54, 1.807) is 24.5 Å². The monoisotopic (exact) mass is 333 g/mol. The fourth-order valence-corrected chi connectivity index (χ4v) is 3.22. The lowest BCUT2D eigenvalue weighted by molar-refractivity contribution is 0.629. The lowest BCUT2D eigenvalue weighted by Gasteiger charge is -2.37. The molecule has 25 heavy (non-hydrogen) atoms. The van der Waals surface area contributed by atoms with Gasteiger partial charge in [0.1, 0.15) is 11.6 Å². The van der Waals surface area contributed by atoms with E-state index in [4.69, 9.17) is 5.26 Å². The normalized spacial score (nSPS) is 14.6. The van der Waals surface area contributed by atoms with Gasteiger partial charge in [0, 0.05) is 55.7 Å². The van der Waals surface area contributed by atoms with Gasteiger partial charge in [0.25, 0.3) is 0 Å². The van der Waals surface area contributed by atoms with E-state index in [1.807, 2.05) is 12.1 Å². The number of hydrogen-bond donors (Lipinski definition) is 0. The molecule has 0 N–H and O–H groups in total. The summed E-state index contributed by atoms with van der Waals surface area (Å²) >= 11 is 0. The van der Waals surface area contributed by atoms with Crippen molar-refractivity contribution in [3.05, 3.63) is 60.2 Å². The standard InChI is InChI=1S/C19H16FN5/c20-15-1-2-16-17(12-15)22-6-4-18(16)24-7-9-25(10-8-24)19-11-14(13-21)3-5-23-19/h1-6,11-12H,7-10H2. The largest absolute Gasteiger partial charge is 0.367 e. The van der Waals surface area contributed by atoms with Gasteiger partial charge in [-0.2, -0.15) is 5.26 Å². The first-order valence-corrected chi connectivity index (χ1v) is 8.15. The molecule has 1 aliphatic rings. The van der Waals surface area contributed by atoms with Crippen LogP contribution in [-0.4, -0.2) is 36.1 Å². The number of benzene rings is 1. The molecule has 1 aliphatic heterocycles. The topological polar surface area (TPSA) is 56.1 Å². The number of nitrogens with zero attached hydrogens (tertiary/aromatic N) is 5. The predicted octanol–water partition coefficient (Wildman–Crippen LogP) is 2.97. The maximum atomic E-state index is 13.4. The van der Waals surface area contributed by atoms with Gasteiger partial charge in [-0.25, -0.2) is 9.37 Å². The summed E-state index contributed by atoms with van der Waals surface area (Å²) in [5.41, 5.74) is 2.36. The second kappa shape index (κ2) is 6.36. The van der Waals surface area contributed by atoms with E-state index < -0.39 is 0 Å². The summed E-state index contributed by atoms with van der Waals surface area (Å²) < 4.78 is 13.4. The summed E-state index contributed by atoms with van der Waals surface area (Å²) in [4.78, 5) is 13.1. The number of hydrogen-bond acceptors (Lipinski definition) is 5. The zero-order valence-corrected chi connectivity index (χ0v) is 13.6. The van der Waals surface area contributed by atoms with E-state index >= 15 is 0 Å². The lowest BCUT2D eigenvalue weighted by atomic mass is 10.1. The van der Waals surface area contributed by atoms with Crippen molar-refractivity contribution in [2.45, 2.75) is 0 Å². The molecule has 2 aromatic heterocycles. The van der Waals surface area contributed by atoms with Gasteiger partial charge in [-0.3, -0.25) is 4.98 Å². The van der Waals surface area contributed by atoms with Crippen LogP contribution in [0.2, 0.25) is 0 Å². The molecule has 4 rings (SSSR count). The number of anilines is 2. The van der Waals surface area contributed by atoms with Crippen molar-refractivity contribution in [3.63, 3.8) is 0 Å². The smallest absolute Gasteiger partial charge is 0.129 e. The number of fused-ring (bicyclic) bond motifs is 1. The summed E-state index contributed by atoms with van der Waals surface area (Å²) in [7, 11) is 0. The average Bonchev–Trinajstić information content (AvgIpc) is 2.67. The highest BCUT2D eigenvalue weighted by Gasteiger charge is 2.20. The van der Waals surface area contributed by atoms with Gasteiger partial charge in [0.2, 0.25) is 0 Å². The Hall–Kier alpha value is -3.20. The van der Waals surface area contributed by atoms with Crippen LogP contribution in [0.5, 0.6) is 0 Å². The second-order valence-electron chi connectivity index (χ2n) is 5.98. The Morgan fingerprint density at radius 2 is 1.68 bits per heavy atom. The van der Waals surface area contributed by atoms with Crippen LogP contribution < -0.4 is 9.80 Å². The molecule has 6 heteroatoms. The fraction of sp³-hybridized carbons (Fsp3) is 0.211. The van der Waals surface area contributed by atoms with Crippen LogP contribution in [0.15, 0.2) is 48.8 Å². The van der Waals surface area contributed by atoms with E-state index in [2.05, 4.69) is 25.8 Å². The van der Waals surface area contributed by atoms with Crippen LogP contribution in [0.4, 0.5) is 15.9 Å². The first kappa shape index (κ1) is 15.3. The Labute approximate surface area is 145 Å².